The molecule has 0 spiro atoms. The number of benzene rings is 1. The number of nitrogen functional groups attached to an aromatic ring is 1. The summed E-state index contributed by atoms with van der Waals surface area (Å²) < 4.78 is 27.4. The van der Waals surface area contributed by atoms with Crippen LogP contribution in [0.15, 0.2) is 23.1 Å². The van der Waals surface area contributed by atoms with Gasteiger partial charge in [-0.3, -0.25) is 0 Å². The molecule has 0 amide bonds. The summed E-state index contributed by atoms with van der Waals surface area (Å²) in [5.41, 5.74) is 6.64. The van der Waals surface area contributed by atoms with E-state index < -0.39 is 15.6 Å². The van der Waals surface area contributed by atoms with Gasteiger partial charge >= 0.3 is 0 Å². The number of aryl methyl sites for hydroxylation is 1. The molecule has 0 radical (unpaired) electrons. The van der Waals surface area contributed by atoms with E-state index in [1.54, 1.807) is 18.2 Å². The predicted molar refractivity (Wildman–Crippen MR) is 72.7 cm³/mol. The zero-order chi connectivity index (χ0) is 13.6. The van der Waals surface area contributed by atoms with Crippen LogP contribution in [0.5, 0.6) is 0 Å². The fourth-order valence-electron chi connectivity index (χ4n) is 2.20. The van der Waals surface area contributed by atoms with E-state index in [1.807, 2.05) is 20.8 Å². The topological polar surface area (TPSA) is 72.2 Å². The molecule has 5 heteroatoms. The van der Waals surface area contributed by atoms with Gasteiger partial charge in [0.1, 0.15) is 4.90 Å². The Labute approximate surface area is 109 Å². The predicted octanol–water partition coefficient (Wildman–Crippen LogP) is 2.04. The van der Waals surface area contributed by atoms with Crippen LogP contribution in [0.1, 0.15) is 32.3 Å². The van der Waals surface area contributed by atoms with Crippen molar-refractivity contribution < 1.29 is 8.42 Å². The first-order chi connectivity index (χ1) is 8.22. The summed E-state index contributed by atoms with van der Waals surface area (Å²) in [4.78, 5) is 0.168. The summed E-state index contributed by atoms with van der Waals surface area (Å²) in [5.74, 6) is 0.430. The van der Waals surface area contributed by atoms with Gasteiger partial charge in [-0.05, 0) is 57.2 Å². The van der Waals surface area contributed by atoms with Crippen molar-refractivity contribution in [1.82, 2.24) is 4.72 Å². The Morgan fingerprint density at radius 2 is 1.94 bits per heavy atom. The van der Waals surface area contributed by atoms with Crippen LogP contribution in [0.2, 0.25) is 0 Å². The summed E-state index contributed by atoms with van der Waals surface area (Å²) in [7, 11) is -3.55. The highest BCUT2D eigenvalue weighted by atomic mass is 32.2. The standard InChI is InChI=1S/C13H20N2O2S/c1-9-4-7-12(11(14)8-9)18(16,17)15-13(2,3)10-5-6-10/h4,7-8,10,15H,5-6,14H2,1-3H3. The molecule has 2 rings (SSSR count). The Hall–Kier alpha value is -1.07. The molecular formula is C13H20N2O2S. The maximum atomic E-state index is 12.3. The van der Waals surface area contributed by atoms with E-state index in [0.29, 0.717) is 11.6 Å². The summed E-state index contributed by atoms with van der Waals surface area (Å²) in [6.07, 6.45) is 2.16. The molecule has 1 aliphatic rings. The van der Waals surface area contributed by atoms with Crippen LogP contribution in [0, 0.1) is 12.8 Å². The van der Waals surface area contributed by atoms with Crippen LogP contribution in [0.25, 0.3) is 0 Å². The molecule has 1 fully saturated rings. The minimum Gasteiger partial charge on any atom is -0.398 e. The van der Waals surface area contributed by atoms with Gasteiger partial charge < -0.3 is 5.73 Å². The molecule has 0 bridgehead atoms. The molecular weight excluding hydrogens is 248 g/mol. The molecule has 0 aromatic heterocycles. The molecule has 0 heterocycles. The van der Waals surface area contributed by atoms with Gasteiger partial charge in [0, 0.05) is 5.54 Å². The zero-order valence-corrected chi connectivity index (χ0v) is 11.8. The van der Waals surface area contributed by atoms with Crippen LogP contribution in [0.4, 0.5) is 5.69 Å². The lowest BCUT2D eigenvalue weighted by atomic mass is 10.0. The van der Waals surface area contributed by atoms with Crippen molar-refractivity contribution >= 4 is 15.7 Å². The van der Waals surface area contributed by atoms with Crippen LogP contribution in [0.3, 0.4) is 0 Å². The molecule has 3 N–H and O–H groups in total. The second kappa shape index (κ2) is 4.24. The molecule has 0 saturated heterocycles. The lowest BCUT2D eigenvalue weighted by molar-refractivity contribution is 0.400. The minimum atomic E-state index is -3.55. The van der Waals surface area contributed by atoms with E-state index in [1.165, 1.54) is 0 Å². The molecule has 1 aromatic rings. The average Bonchev–Trinajstić information content (AvgIpc) is 2.97. The SMILES string of the molecule is Cc1ccc(S(=O)(=O)NC(C)(C)C2CC2)c(N)c1. The Kier molecular flexibility index (Phi) is 3.15. The van der Waals surface area contributed by atoms with Crippen molar-refractivity contribution in [3.8, 4) is 0 Å². The quantitative estimate of drug-likeness (QED) is 0.821. The maximum absolute atomic E-state index is 12.3. The van der Waals surface area contributed by atoms with Crippen molar-refractivity contribution in [3.05, 3.63) is 23.8 Å². The monoisotopic (exact) mass is 268 g/mol. The number of hydrogen-bond acceptors (Lipinski definition) is 3. The third-order valence-electron chi connectivity index (χ3n) is 3.45. The second-order valence-electron chi connectivity index (χ2n) is 5.64. The number of anilines is 1. The third kappa shape index (κ3) is 2.67. The molecule has 0 aliphatic heterocycles. The van der Waals surface area contributed by atoms with Crippen LogP contribution >= 0.6 is 0 Å². The first-order valence-corrected chi connectivity index (χ1v) is 7.61. The van der Waals surface area contributed by atoms with Crippen LogP contribution in [-0.2, 0) is 10.0 Å². The molecule has 1 aliphatic carbocycles. The van der Waals surface area contributed by atoms with Crippen molar-refractivity contribution in [3.63, 3.8) is 0 Å². The molecule has 1 saturated carbocycles. The maximum Gasteiger partial charge on any atom is 0.243 e. The first-order valence-electron chi connectivity index (χ1n) is 6.12. The number of nitrogens with two attached hydrogens (primary N) is 1. The van der Waals surface area contributed by atoms with Gasteiger partial charge in [0.25, 0.3) is 0 Å². The third-order valence-corrected chi connectivity index (χ3v) is 5.20. The van der Waals surface area contributed by atoms with Gasteiger partial charge in [-0.2, -0.15) is 0 Å². The summed E-state index contributed by atoms with van der Waals surface area (Å²) in [6.45, 7) is 5.73. The molecule has 0 unspecified atom stereocenters. The fraction of sp³-hybridized carbons (Fsp3) is 0.538. The number of sulfonamides is 1. The highest BCUT2D eigenvalue weighted by Gasteiger charge is 2.40. The van der Waals surface area contributed by atoms with Gasteiger partial charge in [0.05, 0.1) is 5.69 Å². The van der Waals surface area contributed by atoms with Gasteiger partial charge in [-0.15, -0.1) is 0 Å². The lowest BCUT2D eigenvalue weighted by Gasteiger charge is -2.26. The Morgan fingerprint density at radius 3 is 2.44 bits per heavy atom. The number of nitrogens with one attached hydrogen (secondary N) is 1. The molecule has 1 aromatic carbocycles. The highest BCUT2D eigenvalue weighted by molar-refractivity contribution is 7.89. The van der Waals surface area contributed by atoms with Crippen molar-refractivity contribution in [2.45, 2.75) is 44.0 Å². The van der Waals surface area contributed by atoms with E-state index in [2.05, 4.69) is 4.72 Å². The second-order valence-corrected chi connectivity index (χ2v) is 7.29. The van der Waals surface area contributed by atoms with Crippen molar-refractivity contribution in [2.75, 3.05) is 5.73 Å². The smallest absolute Gasteiger partial charge is 0.243 e. The highest BCUT2D eigenvalue weighted by Crippen LogP contribution is 2.40. The molecule has 4 nitrogen and oxygen atoms in total. The lowest BCUT2D eigenvalue weighted by Crippen LogP contribution is -2.45. The van der Waals surface area contributed by atoms with Crippen LogP contribution in [-0.4, -0.2) is 14.0 Å². The molecule has 0 atom stereocenters. The average molecular weight is 268 g/mol. The number of hydrogen-bond donors (Lipinski definition) is 2. The van der Waals surface area contributed by atoms with Gasteiger partial charge in [-0.1, -0.05) is 6.07 Å². The van der Waals surface area contributed by atoms with Crippen molar-refractivity contribution in [2.24, 2.45) is 5.92 Å². The largest absolute Gasteiger partial charge is 0.398 e. The summed E-state index contributed by atoms with van der Waals surface area (Å²) in [6, 6.07) is 5.00. The van der Waals surface area contributed by atoms with Gasteiger partial charge in [0.2, 0.25) is 10.0 Å². The van der Waals surface area contributed by atoms with Gasteiger partial charge in [-0.25, -0.2) is 13.1 Å². The minimum absolute atomic E-state index is 0.168. The Morgan fingerprint density at radius 1 is 1.33 bits per heavy atom. The van der Waals surface area contributed by atoms with E-state index in [0.717, 1.165) is 18.4 Å². The van der Waals surface area contributed by atoms with E-state index in [4.69, 9.17) is 5.73 Å². The van der Waals surface area contributed by atoms with Crippen LogP contribution < -0.4 is 10.5 Å². The Bertz CT molecular complexity index is 560. The summed E-state index contributed by atoms with van der Waals surface area (Å²) >= 11 is 0. The normalized spacial score (nSPS) is 16.8. The zero-order valence-electron chi connectivity index (χ0n) is 11.0. The summed E-state index contributed by atoms with van der Waals surface area (Å²) in [5, 5.41) is 0. The first kappa shape index (κ1) is 13.4. The van der Waals surface area contributed by atoms with Gasteiger partial charge in [0.15, 0.2) is 0 Å². The fourth-order valence-corrected chi connectivity index (χ4v) is 3.79. The van der Waals surface area contributed by atoms with Crippen molar-refractivity contribution in [1.29, 1.82) is 0 Å². The molecule has 100 valence electrons. The van der Waals surface area contributed by atoms with E-state index in [-0.39, 0.29) is 4.90 Å². The molecule has 18 heavy (non-hydrogen) atoms. The Balaban J connectivity index is 2.30. The van der Waals surface area contributed by atoms with E-state index in [9.17, 15) is 8.42 Å². The number of rotatable bonds is 4. The van der Waals surface area contributed by atoms with E-state index >= 15 is 0 Å².